The third-order valence-corrected chi connectivity index (χ3v) is 11.9. The summed E-state index contributed by atoms with van der Waals surface area (Å²) in [6.45, 7) is 12.0. The van der Waals surface area contributed by atoms with Gasteiger partial charge in [-0.2, -0.15) is 0 Å². The molecule has 3 aromatic carbocycles. The Kier molecular flexibility index (Phi) is 11.8. The van der Waals surface area contributed by atoms with Gasteiger partial charge in [-0.1, -0.05) is 37.1 Å². The number of benzene rings is 3. The van der Waals surface area contributed by atoms with Crippen molar-refractivity contribution in [3.05, 3.63) is 89.7 Å². The summed E-state index contributed by atoms with van der Waals surface area (Å²) >= 11 is 0. The Labute approximate surface area is 341 Å². The molecule has 0 unspecified atom stereocenters. The van der Waals surface area contributed by atoms with E-state index in [0.717, 1.165) is 55.3 Å². The van der Waals surface area contributed by atoms with Crippen LogP contribution in [-0.2, 0) is 32.2 Å². The summed E-state index contributed by atoms with van der Waals surface area (Å²) in [4.78, 5) is 59.3. The highest BCUT2D eigenvalue weighted by atomic mass is 19.1. The molecule has 2 aliphatic carbocycles. The molecule has 7 rings (SSSR count). The maximum atomic E-state index is 14.0. The Morgan fingerprint density at radius 1 is 0.621 bits per heavy atom. The zero-order valence-corrected chi connectivity index (χ0v) is 34.6. The molecule has 12 heteroatoms. The Bertz CT molecular complexity index is 1840. The zero-order valence-electron chi connectivity index (χ0n) is 34.6. The lowest BCUT2D eigenvalue weighted by molar-refractivity contribution is -0.121. The van der Waals surface area contributed by atoms with E-state index < -0.39 is 35.5 Å². The molecule has 0 aromatic heterocycles. The molecule has 4 fully saturated rings. The second kappa shape index (κ2) is 16.6. The number of carbonyl (C=O) groups excluding carboxylic acids is 4. The largest absolute Gasteiger partial charge is 0.444 e. The Balaban J connectivity index is 0.998. The van der Waals surface area contributed by atoms with Gasteiger partial charge in [0.05, 0.1) is 0 Å². The van der Waals surface area contributed by atoms with E-state index in [1.54, 1.807) is 21.9 Å². The van der Waals surface area contributed by atoms with Gasteiger partial charge in [0, 0.05) is 42.2 Å². The summed E-state index contributed by atoms with van der Waals surface area (Å²) in [6, 6.07) is 20.5. The van der Waals surface area contributed by atoms with Crippen LogP contribution in [0, 0.1) is 17.7 Å². The number of fused-ring (bicyclic) bond motifs is 2. The van der Waals surface area contributed by atoms with Crippen LogP contribution in [0.5, 0.6) is 0 Å². The summed E-state index contributed by atoms with van der Waals surface area (Å²) in [6.07, 6.45) is 6.24. The maximum absolute atomic E-state index is 14.0. The number of anilines is 3. The molecular weight excluding hydrogens is 738 g/mol. The first-order valence-electron chi connectivity index (χ1n) is 20.8. The summed E-state index contributed by atoms with van der Waals surface area (Å²) in [7, 11) is 0. The van der Waals surface area contributed by atoms with Crippen molar-refractivity contribution in [3.63, 3.8) is 0 Å². The molecule has 2 N–H and O–H groups in total. The highest BCUT2D eigenvalue weighted by molar-refractivity contribution is 5.98. The van der Waals surface area contributed by atoms with Crippen LogP contribution >= 0.6 is 0 Å². The monoisotopic (exact) mass is 795 g/mol. The number of hydrogen-bond acceptors (Lipinski definition) is 7. The van der Waals surface area contributed by atoms with Crippen molar-refractivity contribution >= 4 is 41.1 Å². The molecule has 0 spiro atoms. The Hall–Kier alpha value is -5.13. The fourth-order valence-corrected chi connectivity index (χ4v) is 9.37. The van der Waals surface area contributed by atoms with Crippen molar-refractivity contribution in [2.45, 2.75) is 141 Å². The van der Waals surface area contributed by atoms with Gasteiger partial charge in [0.1, 0.15) is 29.1 Å². The van der Waals surface area contributed by atoms with Crippen molar-refractivity contribution in [1.29, 1.82) is 0 Å². The summed E-state index contributed by atoms with van der Waals surface area (Å²) in [5.41, 5.74) is 2.75. The average molecular weight is 796 g/mol. The number of halogens is 1. The molecule has 2 heterocycles. The number of ether oxygens (including phenoxy) is 2. The van der Waals surface area contributed by atoms with E-state index in [9.17, 15) is 23.6 Å². The Morgan fingerprint density at radius 2 is 1.02 bits per heavy atom. The minimum atomic E-state index is -0.656. The zero-order chi connectivity index (χ0) is 41.4. The molecule has 11 nitrogen and oxygen atoms in total. The van der Waals surface area contributed by atoms with Gasteiger partial charge in [-0.25, -0.2) is 14.0 Å². The van der Waals surface area contributed by atoms with Crippen LogP contribution in [0.15, 0.2) is 72.8 Å². The molecule has 0 bridgehead atoms. The van der Waals surface area contributed by atoms with Crippen LogP contribution in [0.25, 0.3) is 0 Å². The summed E-state index contributed by atoms with van der Waals surface area (Å²) < 4.78 is 25.4. The van der Waals surface area contributed by atoms with E-state index >= 15 is 0 Å². The molecule has 58 heavy (non-hydrogen) atoms. The number of hydrogen-bond donors (Lipinski definition) is 2. The molecule has 3 aromatic rings. The number of amides is 4. The average Bonchev–Trinajstić information content (AvgIpc) is 3.94. The van der Waals surface area contributed by atoms with Gasteiger partial charge in [0.25, 0.3) is 0 Å². The number of likely N-dealkylation sites (tertiary alicyclic amines) is 2. The number of nitrogens with one attached hydrogen (secondary N) is 2. The second-order valence-corrected chi connectivity index (χ2v) is 18.5. The predicted octanol–water partition coefficient (Wildman–Crippen LogP) is 9.27. The molecule has 2 saturated carbocycles. The highest BCUT2D eigenvalue weighted by Crippen LogP contribution is 2.43. The van der Waals surface area contributed by atoms with Crippen LogP contribution in [0.4, 0.5) is 31.0 Å². The summed E-state index contributed by atoms with van der Waals surface area (Å²) in [5, 5.41) is 6.09. The molecule has 310 valence electrons. The van der Waals surface area contributed by atoms with Gasteiger partial charge in [-0.3, -0.25) is 19.4 Å². The normalized spacial score (nSPS) is 23.9. The van der Waals surface area contributed by atoms with Crippen LogP contribution in [0.2, 0.25) is 0 Å². The molecular formula is C46H58FN5O6. The van der Waals surface area contributed by atoms with E-state index in [2.05, 4.69) is 15.5 Å². The molecule has 4 amide bonds. The quantitative estimate of drug-likeness (QED) is 0.222. The van der Waals surface area contributed by atoms with Crippen LogP contribution in [-0.4, -0.2) is 69.2 Å². The molecule has 2 aliphatic heterocycles. The van der Waals surface area contributed by atoms with Crippen molar-refractivity contribution in [3.8, 4) is 0 Å². The van der Waals surface area contributed by atoms with E-state index in [1.807, 2.05) is 90.1 Å². The second-order valence-electron chi connectivity index (χ2n) is 18.5. The lowest BCUT2D eigenvalue weighted by Crippen LogP contribution is -2.48. The smallest absolute Gasteiger partial charge is 0.411 e. The van der Waals surface area contributed by atoms with Crippen LogP contribution in [0.3, 0.4) is 0 Å². The van der Waals surface area contributed by atoms with Crippen LogP contribution in [0.1, 0.15) is 104 Å². The van der Waals surface area contributed by atoms with Crippen molar-refractivity contribution in [1.82, 2.24) is 9.80 Å². The maximum Gasteiger partial charge on any atom is 0.411 e. The van der Waals surface area contributed by atoms with Crippen molar-refractivity contribution < 1.29 is 33.0 Å². The Morgan fingerprint density at radius 3 is 1.40 bits per heavy atom. The summed E-state index contributed by atoms with van der Waals surface area (Å²) in [5.74, 6) is -0.160. The van der Waals surface area contributed by atoms with Gasteiger partial charge in [-0.05, 0) is 152 Å². The van der Waals surface area contributed by atoms with Gasteiger partial charge in [-0.15, -0.1) is 0 Å². The first-order valence-corrected chi connectivity index (χ1v) is 20.8. The third kappa shape index (κ3) is 9.59. The number of rotatable bonds is 9. The number of carbonyl (C=O) groups is 4. The fraction of sp³-hybridized carbons (Fsp3) is 0.522. The van der Waals surface area contributed by atoms with Crippen LogP contribution < -0.4 is 15.5 Å². The van der Waals surface area contributed by atoms with Gasteiger partial charge < -0.3 is 25.0 Å². The highest BCUT2D eigenvalue weighted by Gasteiger charge is 2.51. The standard InChI is InChI=1S/C46H58FN5O6/c1-45(2,3)57-43(55)51-37-11-7-9-31(37)25-39(51)41(53)48-34-19-13-29(14-20-34)27-50(36-23-17-33(47)18-24-36)28-30-15-21-35(22-16-30)49-42(54)40-26-32-10-8-12-38(32)52(40)44(56)58-46(4,5)6/h13-24,31-32,37-40H,7-12,25-28H2,1-6H3,(H,48,53)(H,49,54)/t31-,32-,37-,38-,39-,40-/m0/s1. The molecule has 2 saturated heterocycles. The molecule has 4 aliphatic rings. The van der Waals surface area contributed by atoms with E-state index in [-0.39, 0.29) is 29.7 Å². The predicted molar refractivity (Wildman–Crippen MR) is 222 cm³/mol. The van der Waals surface area contributed by atoms with Gasteiger partial charge in [0.2, 0.25) is 11.8 Å². The van der Waals surface area contributed by atoms with E-state index in [0.29, 0.717) is 49.1 Å². The fourth-order valence-electron chi connectivity index (χ4n) is 9.37. The van der Waals surface area contributed by atoms with Gasteiger partial charge >= 0.3 is 12.2 Å². The van der Waals surface area contributed by atoms with E-state index in [1.165, 1.54) is 12.1 Å². The first kappa shape index (κ1) is 41.0. The third-order valence-electron chi connectivity index (χ3n) is 11.9. The lowest BCUT2D eigenvalue weighted by atomic mass is 10.0. The van der Waals surface area contributed by atoms with E-state index in [4.69, 9.17) is 9.47 Å². The first-order chi connectivity index (χ1) is 27.5. The SMILES string of the molecule is CC(C)(C)OC(=O)N1[C@H](C(=O)Nc2ccc(CN(Cc3ccc(NC(=O)[C@@H]4C[C@@H]5CCC[C@@H]5N4C(=O)OC(C)(C)C)cc3)c3ccc(F)cc3)cc2)C[C@@H]2CCC[C@@H]21. The molecule has 6 atom stereocenters. The molecule has 0 radical (unpaired) electrons. The minimum Gasteiger partial charge on any atom is -0.444 e. The van der Waals surface area contributed by atoms with Gasteiger partial charge in [0.15, 0.2) is 0 Å². The van der Waals surface area contributed by atoms with Crippen molar-refractivity contribution in [2.75, 3.05) is 15.5 Å². The lowest BCUT2D eigenvalue weighted by Gasteiger charge is -2.31. The minimum absolute atomic E-state index is 0.0220. The van der Waals surface area contributed by atoms with Crippen molar-refractivity contribution in [2.24, 2.45) is 11.8 Å². The number of nitrogens with zero attached hydrogens (tertiary/aromatic N) is 3. The topological polar surface area (TPSA) is 121 Å².